The molecule has 0 aliphatic carbocycles. The van der Waals surface area contributed by atoms with Crippen molar-refractivity contribution in [1.29, 1.82) is 0 Å². The third-order valence-electron chi connectivity index (χ3n) is 3.78. The summed E-state index contributed by atoms with van der Waals surface area (Å²) in [5.74, 6) is 0.255. The van der Waals surface area contributed by atoms with Crippen molar-refractivity contribution in [3.8, 4) is 0 Å². The van der Waals surface area contributed by atoms with E-state index >= 15 is 0 Å². The van der Waals surface area contributed by atoms with Crippen molar-refractivity contribution in [3.05, 3.63) is 45.9 Å². The summed E-state index contributed by atoms with van der Waals surface area (Å²) in [5, 5.41) is 9.42. The van der Waals surface area contributed by atoms with Crippen LogP contribution in [0.15, 0.2) is 29.8 Å². The standard InChI is InChI=1S/C16H19N3OS.ClH/c1-11(16-18-8-9-21-16)10-19-15(20)13-4-2-6-14-12(13)5-3-7-17-14;/h2,4,6,8-9,11,17H,3,5,7,10H2,1H3,(H,19,20);1H. The van der Waals surface area contributed by atoms with E-state index in [9.17, 15) is 4.79 Å². The Bertz CT molecular complexity index is 630. The van der Waals surface area contributed by atoms with Gasteiger partial charge in [0.2, 0.25) is 0 Å². The lowest BCUT2D eigenvalue weighted by molar-refractivity contribution is 0.0950. The van der Waals surface area contributed by atoms with Crippen molar-refractivity contribution in [2.24, 2.45) is 0 Å². The topological polar surface area (TPSA) is 54.0 Å². The van der Waals surface area contributed by atoms with Crippen LogP contribution in [0.1, 0.15) is 40.2 Å². The highest BCUT2D eigenvalue weighted by Crippen LogP contribution is 2.25. The van der Waals surface area contributed by atoms with Gasteiger partial charge in [-0.25, -0.2) is 4.98 Å². The minimum atomic E-state index is 0. The van der Waals surface area contributed by atoms with E-state index < -0.39 is 0 Å². The van der Waals surface area contributed by atoms with Crippen molar-refractivity contribution < 1.29 is 4.79 Å². The summed E-state index contributed by atoms with van der Waals surface area (Å²) < 4.78 is 0. The Morgan fingerprint density at radius 1 is 1.50 bits per heavy atom. The first kappa shape index (κ1) is 16.8. The van der Waals surface area contributed by atoms with Gasteiger partial charge in [-0.15, -0.1) is 23.7 Å². The van der Waals surface area contributed by atoms with Crippen LogP contribution in [0.5, 0.6) is 0 Å². The van der Waals surface area contributed by atoms with Crippen molar-refractivity contribution in [2.45, 2.75) is 25.7 Å². The summed E-state index contributed by atoms with van der Waals surface area (Å²) in [4.78, 5) is 16.7. The van der Waals surface area contributed by atoms with Crippen LogP contribution in [0.25, 0.3) is 0 Å². The number of amides is 1. The van der Waals surface area contributed by atoms with Gasteiger partial charge in [-0.3, -0.25) is 4.79 Å². The third-order valence-corrected chi connectivity index (χ3v) is 4.79. The molecule has 2 aromatic rings. The van der Waals surface area contributed by atoms with E-state index in [0.717, 1.165) is 41.2 Å². The molecule has 0 bridgehead atoms. The summed E-state index contributed by atoms with van der Waals surface area (Å²) in [6.45, 7) is 3.68. The Morgan fingerprint density at radius 2 is 2.36 bits per heavy atom. The average Bonchev–Trinajstić information content (AvgIpc) is 3.06. The van der Waals surface area contributed by atoms with Crippen molar-refractivity contribution >= 4 is 35.3 Å². The molecule has 1 aromatic heterocycles. The molecule has 2 N–H and O–H groups in total. The highest BCUT2D eigenvalue weighted by Gasteiger charge is 2.18. The maximum atomic E-state index is 12.4. The molecule has 1 aromatic carbocycles. The van der Waals surface area contributed by atoms with E-state index in [1.165, 1.54) is 0 Å². The molecule has 0 saturated carbocycles. The second kappa shape index (κ2) is 7.61. The van der Waals surface area contributed by atoms with Crippen LogP contribution in [-0.2, 0) is 6.42 Å². The highest BCUT2D eigenvalue weighted by molar-refractivity contribution is 7.09. The molecule has 1 aliphatic heterocycles. The predicted octanol–water partition coefficient (Wildman–Crippen LogP) is 3.46. The van der Waals surface area contributed by atoms with Crippen molar-refractivity contribution in [1.82, 2.24) is 10.3 Å². The molecule has 0 spiro atoms. The molecule has 1 atom stereocenters. The zero-order valence-electron chi connectivity index (χ0n) is 12.5. The fraction of sp³-hybridized carbons (Fsp3) is 0.375. The molecule has 2 heterocycles. The number of thiazole rings is 1. The minimum Gasteiger partial charge on any atom is -0.385 e. The molecule has 118 valence electrons. The van der Waals surface area contributed by atoms with Gasteiger partial charge in [0.15, 0.2) is 0 Å². The van der Waals surface area contributed by atoms with Gasteiger partial charge in [0, 0.05) is 41.8 Å². The lowest BCUT2D eigenvalue weighted by atomic mass is 9.97. The van der Waals surface area contributed by atoms with Crippen LogP contribution >= 0.6 is 23.7 Å². The van der Waals surface area contributed by atoms with Crippen LogP contribution in [0.2, 0.25) is 0 Å². The van der Waals surface area contributed by atoms with Crippen LogP contribution < -0.4 is 10.6 Å². The van der Waals surface area contributed by atoms with E-state index in [1.54, 1.807) is 17.5 Å². The number of hydrogen-bond acceptors (Lipinski definition) is 4. The maximum absolute atomic E-state index is 12.4. The summed E-state index contributed by atoms with van der Waals surface area (Å²) in [5.41, 5.74) is 3.04. The summed E-state index contributed by atoms with van der Waals surface area (Å²) >= 11 is 1.63. The Hall–Kier alpha value is -1.59. The number of fused-ring (bicyclic) bond motifs is 1. The lowest BCUT2D eigenvalue weighted by Crippen LogP contribution is -2.29. The largest absolute Gasteiger partial charge is 0.385 e. The van der Waals surface area contributed by atoms with Crippen LogP contribution in [0.3, 0.4) is 0 Å². The molecular formula is C16H20ClN3OS. The SMILES string of the molecule is CC(CNC(=O)c1cccc2c1CCCN2)c1nccs1.Cl. The van der Waals surface area contributed by atoms with Crippen molar-refractivity contribution in [3.63, 3.8) is 0 Å². The molecule has 1 unspecified atom stereocenters. The number of anilines is 1. The van der Waals surface area contributed by atoms with E-state index in [-0.39, 0.29) is 24.2 Å². The average molecular weight is 338 g/mol. The van der Waals surface area contributed by atoms with Crippen LogP contribution in [0, 0.1) is 0 Å². The van der Waals surface area contributed by atoms with Gasteiger partial charge < -0.3 is 10.6 Å². The Labute approximate surface area is 140 Å². The van der Waals surface area contributed by atoms with E-state index in [0.29, 0.717) is 6.54 Å². The Kier molecular flexibility index (Phi) is 5.80. The summed E-state index contributed by atoms with van der Waals surface area (Å²) in [7, 11) is 0. The number of nitrogens with one attached hydrogen (secondary N) is 2. The van der Waals surface area contributed by atoms with Gasteiger partial charge in [-0.05, 0) is 30.5 Å². The molecule has 22 heavy (non-hydrogen) atoms. The van der Waals surface area contributed by atoms with Crippen LogP contribution in [-0.4, -0.2) is 24.0 Å². The quantitative estimate of drug-likeness (QED) is 0.898. The zero-order valence-corrected chi connectivity index (χ0v) is 14.1. The first-order chi connectivity index (χ1) is 10.3. The molecule has 4 nitrogen and oxygen atoms in total. The van der Waals surface area contributed by atoms with Gasteiger partial charge in [0.05, 0.1) is 5.01 Å². The number of carbonyl (C=O) groups excluding carboxylic acids is 1. The first-order valence-electron chi connectivity index (χ1n) is 7.29. The molecule has 0 saturated heterocycles. The minimum absolute atomic E-state index is 0. The van der Waals surface area contributed by atoms with Crippen molar-refractivity contribution in [2.75, 3.05) is 18.4 Å². The zero-order chi connectivity index (χ0) is 14.7. The molecule has 1 aliphatic rings. The smallest absolute Gasteiger partial charge is 0.251 e. The van der Waals surface area contributed by atoms with E-state index in [4.69, 9.17) is 0 Å². The number of benzene rings is 1. The summed E-state index contributed by atoms with van der Waals surface area (Å²) in [6.07, 6.45) is 3.85. The Morgan fingerprint density at radius 3 is 3.14 bits per heavy atom. The monoisotopic (exact) mass is 337 g/mol. The van der Waals surface area contributed by atoms with Gasteiger partial charge in [-0.1, -0.05) is 13.0 Å². The van der Waals surface area contributed by atoms with E-state index in [1.807, 2.05) is 23.6 Å². The predicted molar refractivity (Wildman–Crippen MR) is 93.4 cm³/mol. The number of halogens is 1. The number of hydrogen-bond donors (Lipinski definition) is 2. The maximum Gasteiger partial charge on any atom is 0.251 e. The number of carbonyl (C=O) groups is 1. The fourth-order valence-corrected chi connectivity index (χ4v) is 3.33. The number of rotatable bonds is 4. The van der Waals surface area contributed by atoms with Gasteiger partial charge in [0.25, 0.3) is 5.91 Å². The summed E-state index contributed by atoms with van der Waals surface area (Å²) in [6, 6.07) is 5.90. The van der Waals surface area contributed by atoms with Crippen LogP contribution in [0.4, 0.5) is 5.69 Å². The number of aromatic nitrogens is 1. The molecule has 6 heteroatoms. The second-order valence-electron chi connectivity index (χ2n) is 5.34. The third kappa shape index (κ3) is 3.59. The molecular weight excluding hydrogens is 318 g/mol. The van der Waals surface area contributed by atoms with Gasteiger partial charge in [-0.2, -0.15) is 0 Å². The van der Waals surface area contributed by atoms with Gasteiger partial charge in [0.1, 0.15) is 0 Å². The normalized spacial score (nSPS) is 14.2. The molecule has 1 amide bonds. The molecule has 3 rings (SSSR count). The fourth-order valence-electron chi connectivity index (χ4n) is 2.63. The van der Waals surface area contributed by atoms with Gasteiger partial charge >= 0.3 is 0 Å². The molecule has 0 fully saturated rings. The molecule has 0 radical (unpaired) electrons. The lowest BCUT2D eigenvalue weighted by Gasteiger charge is -2.21. The van der Waals surface area contributed by atoms with E-state index in [2.05, 4.69) is 22.5 Å². The Balaban J connectivity index is 0.00000176. The first-order valence-corrected chi connectivity index (χ1v) is 8.17. The number of nitrogens with zero attached hydrogens (tertiary/aromatic N) is 1. The second-order valence-corrected chi connectivity index (χ2v) is 6.27. The highest BCUT2D eigenvalue weighted by atomic mass is 35.5.